The summed E-state index contributed by atoms with van der Waals surface area (Å²) in [5, 5.41) is 3.48. The number of hydrogen-bond donors (Lipinski definition) is 1. The van der Waals surface area contributed by atoms with Gasteiger partial charge in [-0.3, -0.25) is 13.6 Å². The minimum atomic E-state index is -3.73. The van der Waals surface area contributed by atoms with Gasteiger partial charge in [0.05, 0.1) is 12.1 Å². The first kappa shape index (κ1) is 30.7. The molecule has 36 heavy (non-hydrogen) atoms. The maximum absolute atomic E-state index is 12.5. The van der Waals surface area contributed by atoms with Gasteiger partial charge < -0.3 is 10.1 Å². The van der Waals surface area contributed by atoms with Gasteiger partial charge in [0.25, 0.3) is 0 Å². The molecule has 0 aliphatic heterocycles. The van der Waals surface area contributed by atoms with Crippen molar-refractivity contribution >= 4 is 37.3 Å². The van der Waals surface area contributed by atoms with Crippen molar-refractivity contribution in [1.82, 2.24) is 5.32 Å². The topological polar surface area (TPSA) is 83.1 Å². The number of nitrogens with one attached hydrogen (secondary N) is 1. The van der Waals surface area contributed by atoms with Crippen LogP contribution in [0.1, 0.15) is 52.2 Å². The van der Waals surface area contributed by atoms with Crippen LogP contribution in [-0.4, -0.2) is 38.1 Å². The minimum absolute atomic E-state index is 0.121. The van der Waals surface area contributed by atoms with E-state index in [4.69, 9.17) is 29.9 Å². The average Bonchev–Trinajstić information content (AvgIpc) is 2.81. The predicted octanol–water partition coefficient (Wildman–Crippen LogP) is 7.69. The number of carbonyl (C=O) groups is 1. The second-order valence-electron chi connectivity index (χ2n) is 9.63. The second-order valence-corrected chi connectivity index (χ2v) is 13.1. The van der Waals surface area contributed by atoms with Crippen molar-refractivity contribution in [2.24, 2.45) is 0 Å². The van der Waals surface area contributed by atoms with Crippen molar-refractivity contribution in [2.45, 2.75) is 74.8 Å². The van der Waals surface area contributed by atoms with Gasteiger partial charge in [0.2, 0.25) is 0 Å². The number of ether oxygens (including phenoxy) is 1. The lowest BCUT2D eigenvalue weighted by molar-refractivity contribution is 0.0389. The normalized spacial score (nSPS) is 13.8. The summed E-state index contributed by atoms with van der Waals surface area (Å²) in [7, 11) is -1.26. The first-order chi connectivity index (χ1) is 16.8. The van der Waals surface area contributed by atoms with E-state index in [1.165, 1.54) is 19.8 Å². The van der Waals surface area contributed by atoms with Crippen LogP contribution in [0.25, 0.3) is 0 Å². The van der Waals surface area contributed by atoms with Gasteiger partial charge in [0.1, 0.15) is 5.60 Å². The lowest BCUT2D eigenvalue weighted by atomic mass is 9.94. The van der Waals surface area contributed by atoms with Crippen molar-refractivity contribution in [2.75, 3.05) is 20.8 Å². The fourth-order valence-corrected chi connectivity index (χ4v) is 5.38. The van der Waals surface area contributed by atoms with Gasteiger partial charge in [0.15, 0.2) is 0 Å². The van der Waals surface area contributed by atoms with E-state index in [2.05, 4.69) is 36.5 Å². The summed E-state index contributed by atoms with van der Waals surface area (Å²) in [6, 6.07) is 14.4. The Kier molecular flexibility index (Phi) is 11.3. The van der Waals surface area contributed by atoms with Crippen molar-refractivity contribution in [3.63, 3.8) is 0 Å². The van der Waals surface area contributed by atoms with E-state index in [-0.39, 0.29) is 6.61 Å². The average molecular weight is 558 g/mol. The molecule has 1 N–H and O–H groups in total. The number of rotatable bonds is 12. The van der Waals surface area contributed by atoms with Crippen molar-refractivity contribution in [1.29, 1.82) is 0 Å². The predicted molar refractivity (Wildman–Crippen MR) is 145 cm³/mol. The van der Waals surface area contributed by atoms with E-state index in [1.54, 1.807) is 39.5 Å². The summed E-state index contributed by atoms with van der Waals surface area (Å²) >= 11 is 8.29. The third kappa shape index (κ3) is 10.1. The summed E-state index contributed by atoms with van der Waals surface area (Å²) in [5.74, 6) is 0. The van der Waals surface area contributed by atoms with E-state index in [9.17, 15) is 9.36 Å². The van der Waals surface area contributed by atoms with Gasteiger partial charge in [-0.25, -0.2) is 9.36 Å². The molecular weight excluding hydrogens is 521 g/mol. The Hall–Kier alpha value is -1.54. The summed E-state index contributed by atoms with van der Waals surface area (Å²) in [6.45, 7) is 9.14. The Labute approximate surface area is 224 Å². The molecule has 0 bridgehead atoms. The van der Waals surface area contributed by atoms with Crippen LogP contribution in [0, 0.1) is 0 Å². The number of halogens is 1. The lowest BCUT2D eigenvalue weighted by Crippen LogP contribution is -2.51. The molecule has 0 heterocycles. The number of alkyl carbamates (subject to hydrolysis) is 1. The van der Waals surface area contributed by atoms with E-state index in [0.29, 0.717) is 17.9 Å². The van der Waals surface area contributed by atoms with Crippen LogP contribution in [0.5, 0.6) is 0 Å². The van der Waals surface area contributed by atoms with Gasteiger partial charge in [-0.2, -0.15) is 0 Å². The van der Waals surface area contributed by atoms with Crippen LogP contribution in [0.3, 0.4) is 0 Å². The van der Waals surface area contributed by atoms with Crippen LogP contribution < -0.4 is 5.32 Å². The van der Waals surface area contributed by atoms with E-state index >= 15 is 0 Å². The number of phosphoric ester groups is 1. The second kappa shape index (κ2) is 13.3. The maximum atomic E-state index is 12.5. The summed E-state index contributed by atoms with van der Waals surface area (Å²) in [4.78, 5) is 14.7. The largest absolute Gasteiger partial charge is 0.474 e. The Morgan fingerprint density at radius 3 is 2.31 bits per heavy atom. The van der Waals surface area contributed by atoms with Crippen molar-refractivity contribution < 1.29 is 27.7 Å². The fourth-order valence-electron chi connectivity index (χ4n) is 3.29. The molecule has 0 aliphatic rings. The van der Waals surface area contributed by atoms with Crippen LogP contribution in [0.15, 0.2) is 52.3 Å². The molecule has 0 aromatic heterocycles. The Bertz CT molecular complexity index is 1070. The minimum Gasteiger partial charge on any atom is -0.444 e. The number of aryl methyl sites for hydroxylation is 2. The van der Waals surface area contributed by atoms with Gasteiger partial charge in [-0.05, 0) is 82.3 Å². The molecule has 0 saturated heterocycles. The zero-order chi connectivity index (χ0) is 27.0. The third-order valence-electron chi connectivity index (χ3n) is 5.30. The van der Waals surface area contributed by atoms with E-state index in [1.807, 2.05) is 18.2 Å². The van der Waals surface area contributed by atoms with Crippen LogP contribution in [-0.2, 0) is 35.7 Å². The van der Waals surface area contributed by atoms with Crippen LogP contribution in [0.2, 0.25) is 5.02 Å². The number of hydrogen-bond acceptors (Lipinski definition) is 7. The molecule has 0 aliphatic carbocycles. The highest BCUT2D eigenvalue weighted by Gasteiger charge is 2.34. The molecule has 2 rings (SSSR count). The molecule has 2 aromatic rings. The third-order valence-corrected chi connectivity index (χ3v) is 7.98. The van der Waals surface area contributed by atoms with Crippen LogP contribution >= 0.6 is 31.2 Å². The smallest absolute Gasteiger partial charge is 0.444 e. The van der Waals surface area contributed by atoms with E-state index < -0.39 is 25.1 Å². The molecule has 7 nitrogen and oxygen atoms in total. The fraction of sp³-hybridized carbons (Fsp3) is 0.500. The summed E-state index contributed by atoms with van der Waals surface area (Å²) in [5.41, 5.74) is 0.593. The molecule has 0 fully saturated rings. The lowest BCUT2D eigenvalue weighted by Gasteiger charge is -2.32. The highest BCUT2D eigenvalue weighted by atomic mass is 35.5. The highest BCUT2D eigenvalue weighted by molar-refractivity contribution is 7.99. The number of carbonyl (C=O) groups excluding carboxylic acids is 1. The zero-order valence-corrected chi connectivity index (χ0v) is 24.5. The van der Waals surface area contributed by atoms with Gasteiger partial charge in [0, 0.05) is 29.0 Å². The first-order valence-electron chi connectivity index (χ1n) is 11.7. The SMILES string of the molecule is CCc1cccc(Sc2ccc(CCC(C)(COP(=O)(OC)OC)NC(=O)OC(C)(C)C)c(Cl)c2)c1. The van der Waals surface area contributed by atoms with Gasteiger partial charge in [-0.1, -0.05) is 48.5 Å². The van der Waals surface area contributed by atoms with Gasteiger partial charge >= 0.3 is 13.9 Å². The highest BCUT2D eigenvalue weighted by Crippen LogP contribution is 2.48. The molecular formula is C26H37ClNO6PS. The molecule has 0 saturated carbocycles. The molecule has 10 heteroatoms. The number of benzene rings is 2. The first-order valence-corrected chi connectivity index (χ1v) is 14.4. The number of phosphoric acid groups is 1. The Morgan fingerprint density at radius 1 is 1.06 bits per heavy atom. The summed E-state index contributed by atoms with van der Waals surface area (Å²) in [6.07, 6.45) is 1.35. The molecule has 1 unspecified atom stereocenters. The van der Waals surface area contributed by atoms with Crippen molar-refractivity contribution in [3.8, 4) is 0 Å². The molecule has 2 aromatic carbocycles. The quantitative estimate of drug-likeness (QED) is 0.268. The zero-order valence-electron chi connectivity index (χ0n) is 22.1. The maximum Gasteiger partial charge on any atom is 0.474 e. The molecule has 0 spiro atoms. The van der Waals surface area contributed by atoms with Crippen molar-refractivity contribution in [3.05, 3.63) is 58.6 Å². The van der Waals surface area contributed by atoms with Crippen LogP contribution in [0.4, 0.5) is 4.79 Å². The van der Waals surface area contributed by atoms with E-state index in [0.717, 1.165) is 21.8 Å². The molecule has 0 radical (unpaired) electrons. The molecule has 1 atom stereocenters. The number of amides is 1. The Balaban J connectivity index is 2.14. The van der Waals surface area contributed by atoms with Gasteiger partial charge in [-0.15, -0.1) is 0 Å². The molecule has 1 amide bonds. The summed E-state index contributed by atoms with van der Waals surface area (Å²) < 4.78 is 33.0. The molecule has 200 valence electrons. The Morgan fingerprint density at radius 2 is 1.72 bits per heavy atom. The standard InChI is InChI=1S/C26H37ClNO6PS/c1-8-19-10-9-11-21(16-19)36-22-13-12-20(23(27)17-22)14-15-26(5,18-33-35(30,31-6)32-7)28-24(29)34-25(2,3)4/h9-13,16-17H,8,14-15,18H2,1-7H3,(H,28,29). The monoisotopic (exact) mass is 557 g/mol.